The predicted octanol–water partition coefficient (Wildman–Crippen LogP) is 4.07. The number of aromatic nitrogens is 2. The Kier molecular flexibility index (Phi) is 4.82. The average Bonchev–Trinajstić information content (AvgIpc) is 3.48. The summed E-state index contributed by atoms with van der Waals surface area (Å²) in [6.07, 6.45) is 0.712. The first-order valence-corrected chi connectivity index (χ1v) is 13.2. The minimum Gasteiger partial charge on any atom is -0.297 e. The first kappa shape index (κ1) is 23.0. The highest BCUT2D eigenvalue weighted by Crippen LogP contribution is 2.56. The minimum absolute atomic E-state index is 0.173. The van der Waals surface area contributed by atoms with Gasteiger partial charge in [-0.25, -0.2) is 9.88 Å². The summed E-state index contributed by atoms with van der Waals surface area (Å²) in [5.74, 6) is -0.984. The maximum atomic E-state index is 14.4. The van der Waals surface area contributed by atoms with Crippen LogP contribution in [-0.4, -0.2) is 27.4 Å². The van der Waals surface area contributed by atoms with Crippen LogP contribution in [0.25, 0.3) is 16.6 Å². The van der Waals surface area contributed by atoms with Crippen molar-refractivity contribution in [2.24, 2.45) is 17.8 Å². The van der Waals surface area contributed by atoms with Crippen molar-refractivity contribution in [3.8, 4) is 5.69 Å². The molecule has 0 bridgehead atoms. The Labute approximate surface area is 220 Å². The molecule has 4 atom stereocenters. The van der Waals surface area contributed by atoms with Crippen LogP contribution in [0.1, 0.15) is 37.2 Å². The number of fused-ring (bicyclic) bond motifs is 8. The number of amides is 2. The molecule has 2 fully saturated rings. The Hall–Kier alpha value is -4.10. The topological polar surface area (TPSA) is 84.3 Å². The van der Waals surface area contributed by atoms with Gasteiger partial charge in [0, 0.05) is 11.6 Å². The normalized spacial score (nSPS) is 25.5. The molecule has 1 aromatic heterocycles. The highest BCUT2D eigenvalue weighted by Gasteiger charge is 2.69. The molecule has 3 aromatic carbocycles. The summed E-state index contributed by atoms with van der Waals surface area (Å²) in [5, 5.41) is 4.28. The Morgan fingerprint density at radius 1 is 0.921 bits per heavy atom. The van der Waals surface area contributed by atoms with Crippen molar-refractivity contribution < 1.29 is 9.59 Å². The van der Waals surface area contributed by atoms with Crippen molar-refractivity contribution >= 4 is 28.4 Å². The Morgan fingerprint density at radius 2 is 1.63 bits per heavy atom. The predicted molar refractivity (Wildman–Crippen MR) is 145 cm³/mol. The van der Waals surface area contributed by atoms with E-state index in [2.05, 4.69) is 19.2 Å². The van der Waals surface area contributed by atoms with Crippen LogP contribution in [0.2, 0.25) is 0 Å². The molecule has 0 saturated carbocycles. The molecule has 2 amide bonds. The fourth-order valence-corrected chi connectivity index (χ4v) is 6.88. The molecule has 0 aliphatic carbocycles. The number of benzene rings is 3. The molecule has 7 nitrogen and oxygen atoms in total. The van der Waals surface area contributed by atoms with Crippen molar-refractivity contribution in [3.63, 3.8) is 0 Å². The third kappa shape index (κ3) is 2.88. The highest BCUT2D eigenvalue weighted by atomic mass is 16.2. The van der Waals surface area contributed by atoms with Gasteiger partial charge >= 0.3 is 0 Å². The van der Waals surface area contributed by atoms with Crippen LogP contribution >= 0.6 is 0 Å². The van der Waals surface area contributed by atoms with E-state index in [1.807, 2.05) is 73.7 Å². The third-order valence-electron chi connectivity index (χ3n) is 8.38. The molecule has 2 saturated heterocycles. The number of hydrogen-bond donors (Lipinski definition) is 1. The molecular formula is C31H28N4O3. The van der Waals surface area contributed by atoms with Gasteiger partial charge in [0.25, 0.3) is 5.56 Å². The average molecular weight is 505 g/mol. The van der Waals surface area contributed by atoms with Gasteiger partial charge in [-0.05, 0) is 49.6 Å². The Bertz CT molecular complexity index is 1710. The van der Waals surface area contributed by atoms with Gasteiger partial charge in [-0.1, -0.05) is 61.9 Å². The summed E-state index contributed by atoms with van der Waals surface area (Å²) in [4.78, 5) is 48.7. The van der Waals surface area contributed by atoms with Crippen LogP contribution in [0.5, 0.6) is 0 Å². The molecule has 3 aliphatic rings. The monoisotopic (exact) mass is 504 g/mol. The lowest BCUT2D eigenvalue weighted by Crippen LogP contribution is -2.50. The molecule has 1 N–H and O–H groups in total. The molecular weight excluding hydrogens is 476 g/mol. The second-order valence-electron chi connectivity index (χ2n) is 11.1. The Balaban J connectivity index is 1.52. The van der Waals surface area contributed by atoms with E-state index < -0.39 is 17.4 Å². The molecule has 4 heterocycles. The van der Waals surface area contributed by atoms with Gasteiger partial charge in [0.2, 0.25) is 11.8 Å². The molecule has 190 valence electrons. The maximum Gasteiger partial charge on any atom is 0.266 e. The fourth-order valence-electron chi connectivity index (χ4n) is 6.88. The summed E-state index contributed by atoms with van der Waals surface area (Å²) in [5.41, 5.74) is 2.45. The molecule has 3 aliphatic heterocycles. The molecule has 0 radical (unpaired) electrons. The molecule has 0 unspecified atom stereocenters. The fraction of sp³-hybridized carbons (Fsp3) is 0.290. The van der Waals surface area contributed by atoms with Crippen molar-refractivity contribution in [2.45, 2.75) is 38.8 Å². The van der Waals surface area contributed by atoms with Crippen molar-refractivity contribution in [2.75, 3.05) is 4.90 Å². The van der Waals surface area contributed by atoms with Crippen molar-refractivity contribution in [3.05, 3.63) is 100 Å². The molecule has 1 spiro atoms. The number of carbonyl (C=O) groups excluding carboxylic acids is 2. The van der Waals surface area contributed by atoms with Crippen LogP contribution < -0.4 is 15.8 Å². The van der Waals surface area contributed by atoms with E-state index >= 15 is 0 Å². The van der Waals surface area contributed by atoms with Gasteiger partial charge in [-0.2, -0.15) is 0 Å². The maximum absolute atomic E-state index is 14.4. The van der Waals surface area contributed by atoms with Gasteiger partial charge < -0.3 is 0 Å². The lowest BCUT2D eigenvalue weighted by molar-refractivity contribution is -0.123. The summed E-state index contributed by atoms with van der Waals surface area (Å²) in [6.45, 7) is 6.21. The van der Waals surface area contributed by atoms with Gasteiger partial charge in [-0.3, -0.25) is 24.3 Å². The van der Waals surface area contributed by atoms with E-state index in [0.29, 0.717) is 40.4 Å². The number of anilines is 1. The van der Waals surface area contributed by atoms with Gasteiger partial charge in [0.1, 0.15) is 11.4 Å². The molecule has 4 aromatic rings. The van der Waals surface area contributed by atoms with E-state index in [0.717, 1.165) is 11.1 Å². The van der Waals surface area contributed by atoms with E-state index in [9.17, 15) is 14.4 Å². The van der Waals surface area contributed by atoms with Gasteiger partial charge in [0.05, 0.1) is 34.1 Å². The van der Waals surface area contributed by atoms with Crippen molar-refractivity contribution in [1.82, 2.24) is 14.9 Å². The van der Waals surface area contributed by atoms with E-state index in [4.69, 9.17) is 4.98 Å². The first-order valence-electron chi connectivity index (χ1n) is 13.2. The standard InChI is InChI=1S/C31H28N4O3/c1-17(2)16-23-25-26(29(38)34(28(25)37)19-14-12-18(3)13-15-19)31(33-23)21-9-5-7-11-24(21)35-27(36)20-8-4-6-10-22(20)32-30(31)35/h4-15,17,23,25-26,33H,16H2,1-3H3/t23-,25+,26-,31-/m1/s1. The largest absolute Gasteiger partial charge is 0.297 e. The second-order valence-corrected chi connectivity index (χ2v) is 11.1. The summed E-state index contributed by atoms with van der Waals surface area (Å²) >= 11 is 0. The highest BCUT2D eigenvalue weighted by molar-refractivity contribution is 6.23. The number of para-hydroxylation sites is 2. The zero-order chi connectivity index (χ0) is 26.3. The number of imide groups is 1. The number of nitrogens with zero attached hydrogens (tertiary/aromatic N) is 3. The lowest BCUT2D eigenvalue weighted by Gasteiger charge is -2.32. The molecule has 7 rings (SSSR count). The van der Waals surface area contributed by atoms with Gasteiger partial charge in [0.15, 0.2) is 0 Å². The van der Waals surface area contributed by atoms with Gasteiger partial charge in [-0.15, -0.1) is 0 Å². The summed E-state index contributed by atoms with van der Waals surface area (Å²) in [7, 11) is 0. The number of carbonyl (C=O) groups is 2. The number of nitrogens with one attached hydrogen (secondary N) is 1. The van der Waals surface area contributed by atoms with E-state index in [-0.39, 0.29) is 23.4 Å². The zero-order valence-corrected chi connectivity index (χ0v) is 21.5. The smallest absolute Gasteiger partial charge is 0.266 e. The minimum atomic E-state index is -1.10. The van der Waals surface area contributed by atoms with Crippen LogP contribution in [0.15, 0.2) is 77.6 Å². The summed E-state index contributed by atoms with van der Waals surface area (Å²) < 4.78 is 1.64. The SMILES string of the molecule is Cc1ccc(N2C(=O)[C@H]3[C@@H](CC(C)C)N[C@]4(c5ccccc5-n5c4nc4ccccc4c5=O)[C@H]3C2=O)cc1. The number of hydrogen-bond acceptors (Lipinski definition) is 5. The second kappa shape index (κ2) is 7.95. The number of rotatable bonds is 3. The first-order chi connectivity index (χ1) is 18.3. The zero-order valence-electron chi connectivity index (χ0n) is 21.5. The van der Waals surface area contributed by atoms with Crippen LogP contribution in [-0.2, 0) is 15.1 Å². The van der Waals surface area contributed by atoms with E-state index in [1.54, 1.807) is 10.6 Å². The quantitative estimate of drug-likeness (QED) is 0.425. The number of aryl methyl sites for hydroxylation is 1. The molecule has 7 heteroatoms. The van der Waals surface area contributed by atoms with Crippen LogP contribution in [0.4, 0.5) is 5.69 Å². The van der Waals surface area contributed by atoms with Crippen LogP contribution in [0.3, 0.4) is 0 Å². The Morgan fingerprint density at radius 3 is 2.39 bits per heavy atom. The lowest BCUT2D eigenvalue weighted by atomic mass is 9.75. The third-order valence-corrected chi connectivity index (χ3v) is 8.38. The summed E-state index contributed by atoms with van der Waals surface area (Å²) in [6, 6.07) is 22.2. The van der Waals surface area contributed by atoms with Crippen molar-refractivity contribution in [1.29, 1.82) is 0 Å². The van der Waals surface area contributed by atoms with E-state index in [1.165, 1.54) is 4.90 Å². The van der Waals surface area contributed by atoms with Crippen LogP contribution in [0, 0.1) is 24.7 Å². The molecule has 38 heavy (non-hydrogen) atoms.